The van der Waals surface area contributed by atoms with Gasteiger partial charge in [-0.15, -0.1) is 0 Å². The van der Waals surface area contributed by atoms with Crippen molar-refractivity contribution >= 4 is 29.1 Å². The van der Waals surface area contributed by atoms with E-state index in [1.54, 1.807) is 0 Å². The van der Waals surface area contributed by atoms with Crippen LogP contribution in [0.25, 0.3) is 0 Å². The Hall–Kier alpha value is -1.59. The second-order valence-electron chi connectivity index (χ2n) is 2.83. The van der Waals surface area contributed by atoms with E-state index in [0.29, 0.717) is 10.1 Å². The molecule has 0 aromatic heterocycles. The Bertz CT molecular complexity index is 377. The second-order valence-corrected chi connectivity index (χ2v) is 3.26. The van der Waals surface area contributed by atoms with Crippen molar-refractivity contribution in [3.8, 4) is 0 Å². The monoisotopic (exact) mass is 228 g/mol. The van der Waals surface area contributed by atoms with Crippen LogP contribution in [0, 0.1) is 0 Å². The predicted octanol–water partition coefficient (Wildman–Crippen LogP) is 0.938. The molecule has 0 unspecified atom stereocenters. The van der Waals surface area contributed by atoms with Gasteiger partial charge in [0.1, 0.15) is 6.42 Å². The summed E-state index contributed by atoms with van der Waals surface area (Å²) in [6, 6.07) is 5.91. The van der Waals surface area contributed by atoms with E-state index < -0.39 is 18.2 Å². The SMILES string of the molecule is NC(=O)CC(=O)N(O)c1ccc(Cl)cc1. The molecule has 0 aliphatic carbocycles. The summed E-state index contributed by atoms with van der Waals surface area (Å²) in [5.74, 6) is -1.59. The molecule has 2 amide bonds. The first kappa shape index (κ1) is 11.5. The molecule has 1 aromatic rings. The Labute approximate surface area is 91.0 Å². The Balaban J connectivity index is 2.76. The number of primary amides is 1. The molecule has 5 nitrogen and oxygen atoms in total. The van der Waals surface area contributed by atoms with Gasteiger partial charge in [0.2, 0.25) is 5.91 Å². The lowest BCUT2D eigenvalue weighted by atomic mass is 10.3. The van der Waals surface area contributed by atoms with E-state index in [0.717, 1.165) is 0 Å². The van der Waals surface area contributed by atoms with Crippen LogP contribution in [0.4, 0.5) is 5.69 Å². The van der Waals surface area contributed by atoms with E-state index in [1.165, 1.54) is 24.3 Å². The average Bonchev–Trinajstić information content (AvgIpc) is 2.17. The molecule has 0 aliphatic rings. The van der Waals surface area contributed by atoms with Crippen LogP contribution in [0.3, 0.4) is 0 Å². The van der Waals surface area contributed by atoms with Crippen LogP contribution in [0.5, 0.6) is 0 Å². The van der Waals surface area contributed by atoms with E-state index in [1.807, 2.05) is 0 Å². The van der Waals surface area contributed by atoms with Crippen molar-refractivity contribution in [3.63, 3.8) is 0 Å². The van der Waals surface area contributed by atoms with E-state index in [9.17, 15) is 14.8 Å². The van der Waals surface area contributed by atoms with Gasteiger partial charge < -0.3 is 5.73 Å². The molecule has 0 atom stereocenters. The molecule has 3 N–H and O–H groups in total. The van der Waals surface area contributed by atoms with E-state index in [4.69, 9.17) is 17.3 Å². The van der Waals surface area contributed by atoms with Gasteiger partial charge in [-0.25, -0.2) is 0 Å². The third-order valence-electron chi connectivity index (χ3n) is 1.63. The van der Waals surface area contributed by atoms with Gasteiger partial charge >= 0.3 is 0 Å². The van der Waals surface area contributed by atoms with Crippen LogP contribution in [0.15, 0.2) is 24.3 Å². The molecule has 0 radical (unpaired) electrons. The lowest BCUT2D eigenvalue weighted by Crippen LogP contribution is -2.31. The van der Waals surface area contributed by atoms with Crippen molar-refractivity contribution in [1.29, 1.82) is 0 Å². The fourth-order valence-corrected chi connectivity index (χ4v) is 1.08. The first-order chi connectivity index (χ1) is 7.00. The quantitative estimate of drug-likeness (QED) is 0.459. The predicted molar refractivity (Wildman–Crippen MR) is 54.5 cm³/mol. The summed E-state index contributed by atoms with van der Waals surface area (Å²) in [6.45, 7) is 0. The minimum Gasteiger partial charge on any atom is -0.369 e. The molecule has 1 aromatic carbocycles. The summed E-state index contributed by atoms with van der Waals surface area (Å²) in [5, 5.41) is 10.2. The van der Waals surface area contributed by atoms with Gasteiger partial charge in [-0.3, -0.25) is 14.8 Å². The Kier molecular flexibility index (Phi) is 3.65. The first-order valence-electron chi connectivity index (χ1n) is 4.06. The smallest absolute Gasteiger partial charge is 0.260 e. The Morgan fingerprint density at radius 2 is 1.87 bits per heavy atom. The number of carbonyl (C=O) groups excluding carboxylic acids is 2. The lowest BCUT2D eigenvalue weighted by Gasteiger charge is -2.13. The minimum absolute atomic E-state index is 0.227. The van der Waals surface area contributed by atoms with Crippen LogP contribution in [0.2, 0.25) is 5.02 Å². The van der Waals surface area contributed by atoms with Crippen molar-refractivity contribution in [2.45, 2.75) is 6.42 Å². The highest BCUT2D eigenvalue weighted by Crippen LogP contribution is 2.16. The number of carbonyl (C=O) groups is 2. The molecule has 0 bridgehead atoms. The number of nitrogens with zero attached hydrogens (tertiary/aromatic N) is 1. The maximum Gasteiger partial charge on any atom is 0.260 e. The largest absolute Gasteiger partial charge is 0.369 e. The van der Waals surface area contributed by atoms with Gasteiger partial charge in [0.05, 0.1) is 5.69 Å². The topological polar surface area (TPSA) is 83.6 Å². The number of hydrogen-bond donors (Lipinski definition) is 2. The van der Waals surface area contributed by atoms with E-state index in [2.05, 4.69) is 0 Å². The number of amides is 2. The number of hydroxylamine groups is 1. The van der Waals surface area contributed by atoms with E-state index >= 15 is 0 Å². The van der Waals surface area contributed by atoms with Gasteiger partial charge in [0.15, 0.2) is 0 Å². The fourth-order valence-electron chi connectivity index (χ4n) is 0.950. The zero-order valence-electron chi connectivity index (χ0n) is 7.68. The summed E-state index contributed by atoms with van der Waals surface area (Å²) in [7, 11) is 0. The summed E-state index contributed by atoms with van der Waals surface area (Å²) in [6.07, 6.45) is -0.543. The minimum atomic E-state index is -0.798. The Morgan fingerprint density at radius 3 is 2.33 bits per heavy atom. The van der Waals surface area contributed by atoms with Gasteiger partial charge in [0.25, 0.3) is 5.91 Å². The normalized spacial score (nSPS) is 9.73. The molecular weight excluding hydrogens is 220 g/mol. The molecule has 0 saturated carbocycles. The lowest BCUT2D eigenvalue weighted by molar-refractivity contribution is -0.129. The van der Waals surface area contributed by atoms with Gasteiger partial charge in [0, 0.05) is 5.02 Å². The van der Waals surface area contributed by atoms with Crippen molar-refractivity contribution < 1.29 is 14.8 Å². The molecule has 0 aliphatic heterocycles. The highest BCUT2D eigenvalue weighted by atomic mass is 35.5. The van der Waals surface area contributed by atoms with Crippen LogP contribution in [-0.4, -0.2) is 17.0 Å². The third kappa shape index (κ3) is 3.23. The summed E-state index contributed by atoms with van der Waals surface area (Å²) in [4.78, 5) is 21.6. The van der Waals surface area contributed by atoms with Crippen molar-refractivity contribution in [1.82, 2.24) is 0 Å². The number of halogens is 1. The van der Waals surface area contributed by atoms with Gasteiger partial charge in [-0.05, 0) is 24.3 Å². The van der Waals surface area contributed by atoms with Gasteiger partial charge in [-0.2, -0.15) is 5.06 Å². The summed E-state index contributed by atoms with van der Waals surface area (Å²) in [5.41, 5.74) is 5.04. The number of hydrogen-bond acceptors (Lipinski definition) is 3. The second kappa shape index (κ2) is 4.77. The first-order valence-corrected chi connectivity index (χ1v) is 4.44. The zero-order chi connectivity index (χ0) is 11.4. The van der Waals surface area contributed by atoms with Crippen LogP contribution in [-0.2, 0) is 9.59 Å². The summed E-state index contributed by atoms with van der Waals surface area (Å²) < 4.78 is 0. The molecule has 0 heterocycles. The van der Waals surface area contributed by atoms with Crippen LogP contribution < -0.4 is 10.8 Å². The van der Waals surface area contributed by atoms with Crippen molar-refractivity contribution in [2.75, 3.05) is 5.06 Å². The molecule has 6 heteroatoms. The number of anilines is 1. The maximum atomic E-state index is 11.2. The number of nitrogens with two attached hydrogens (primary N) is 1. The number of benzene rings is 1. The molecule has 1 rings (SSSR count). The van der Waals surface area contributed by atoms with Crippen molar-refractivity contribution in [2.24, 2.45) is 5.73 Å². The highest BCUT2D eigenvalue weighted by molar-refractivity contribution is 6.30. The third-order valence-corrected chi connectivity index (χ3v) is 1.88. The Morgan fingerprint density at radius 1 is 1.33 bits per heavy atom. The fraction of sp³-hybridized carbons (Fsp3) is 0.111. The zero-order valence-corrected chi connectivity index (χ0v) is 8.44. The van der Waals surface area contributed by atoms with Crippen LogP contribution >= 0.6 is 11.6 Å². The van der Waals surface area contributed by atoms with Gasteiger partial charge in [-0.1, -0.05) is 11.6 Å². The molecule has 0 fully saturated rings. The average molecular weight is 229 g/mol. The standard InChI is InChI=1S/C9H9ClN2O3/c10-6-1-3-7(4-2-6)12(15)9(14)5-8(11)13/h1-4,15H,5H2,(H2,11,13). The summed E-state index contributed by atoms with van der Waals surface area (Å²) >= 11 is 5.62. The highest BCUT2D eigenvalue weighted by Gasteiger charge is 2.15. The molecular formula is C9H9ClN2O3. The van der Waals surface area contributed by atoms with E-state index in [-0.39, 0.29) is 5.69 Å². The van der Waals surface area contributed by atoms with Crippen LogP contribution in [0.1, 0.15) is 6.42 Å². The van der Waals surface area contributed by atoms with Crippen molar-refractivity contribution in [3.05, 3.63) is 29.3 Å². The molecule has 0 spiro atoms. The molecule has 0 saturated heterocycles. The maximum absolute atomic E-state index is 11.2. The molecule has 15 heavy (non-hydrogen) atoms. The number of rotatable bonds is 3. The molecule has 80 valence electrons.